The Morgan fingerprint density at radius 1 is 1.24 bits per heavy atom. The number of halogens is 3. The first-order chi connectivity index (χ1) is 16.0. The van der Waals surface area contributed by atoms with E-state index in [0.717, 1.165) is 10.2 Å². The number of aliphatic hydroxyl groups is 1. The van der Waals surface area contributed by atoms with E-state index >= 15 is 4.39 Å². The number of nitrogens with zero attached hydrogens (tertiary/aromatic N) is 3. The fraction of sp³-hybridized carbons (Fsp3) is 0.174. The maximum absolute atomic E-state index is 15.7. The summed E-state index contributed by atoms with van der Waals surface area (Å²) in [4.78, 5) is 26.4. The number of hydroxylamine groups is 1. The fourth-order valence-electron chi connectivity index (χ4n) is 3.44. The number of amides is 1. The number of carbonyl (C=O) groups is 1. The van der Waals surface area contributed by atoms with Gasteiger partial charge in [-0.25, -0.2) is 14.9 Å². The number of aromatic nitrogens is 3. The Morgan fingerprint density at radius 2 is 2.09 bits per heavy atom. The second-order valence-corrected chi connectivity index (χ2v) is 8.52. The van der Waals surface area contributed by atoms with Crippen molar-refractivity contribution in [3.8, 4) is 0 Å². The highest BCUT2D eigenvalue weighted by molar-refractivity contribution is 9.10. The molecule has 0 bridgehead atoms. The molecule has 0 spiro atoms. The van der Waals surface area contributed by atoms with E-state index in [0.29, 0.717) is 22.6 Å². The largest absolute Gasteiger partial charge is 0.394 e. The Morgan fingerprint density at radius 3 is 2.82 bits per heavy atom. The molecule has 0 saturated heterocycles. The molecule has 10 heteroatoms. The summed E-state index contributed by atoms with van der Waals surface area (Å²) in [7, 11) is 0. The lowest BCUT2D eigenvalue weighted by molar-refractivity contribution is 0.0167. The van der Waals surface area contributed by atoms with E-state index in [1.165, 1.54) is 6.33 Å². The molecule has 2 aromatic heterocycles. The van der Waals surface area contributed by atoms with Crippen molar-refractivity contribution in [2.75, 3.05) is 13.2 Å². The zero-order valence-corrected chi connectivity index (χ0v) is 19.6. The SMILES string of the molecule is O=C(NOCCO)c1cc2c(ncn2Cc2ccccn2)c(F)c1Cc1ccc(Br)cc1Cl. The van der Waals surface area contributed by atoms with Crippen LogP contribution in [-0.2, 0) is 17.8 Å². The Kier molecular flexibility index (Phi) is 7.34. The van der Waals surface area contributed by atoms with E-state index in [9.17, 15) is 4.79 Å². The van der Waals surface area contributed by atoms with Crippen LogP contribution in [0.25, 0.3) is 11.0 Å². The lowest BCUT2D eigenvalue weighted by Gasteiger charge is -2.14. The molecule has 33 heavy (non-hydrogen) atoms. The molecule has 4 rings (SSSR count). The first-order valence-corrected chi connectivity index (χ1v) is 11.2. The summed E-state index contributed by atoms with van der Waals surface area (Å²) in [6, 6.07) is 12.4. The summed E-state index contributed by atoms with van der Waals surface area (Å²) in [5, 5.41) is 9.35. The van der Waals surface area contributed by atoms with Crippen molar-refractivity contribution >= 4 is 44.5 Å². The van der Waals surface area contributed by atoms with Crippen LogP contribution >= 0.6 is 27.5 Å². The van der Waals surface area contributed by atoms with Crippen LogP contribution in [0.3, 0.4) is 0 Å². The molecule has 0 radical (unpaired) electrons. The Bertz CT molecular complexity index is 1300. The average molecular weight is 534 g/mol. The molecule has 0 fully saturated rings. The summed E-state index contributed by atoms with van der Waals surface area (Å²) in [5.74, 6) is -1.25. The van der Waals surface area contributed by atoms with Crippen molar-refractivity contribution in [2.24, 2.45) is 0 Å². The minimum Gasteiger partial charge on any atom is -0.394 e. The van der Waals surface area contributed by atoms with Gasteiger partial charge in [0.05, 0.1) is 42.9 Å². The molecule has 0 aliphatic heterocycles. The van der Waals surface area contributed by atoms with Gasteiger partial charge in [-0.3, -0.25) is 14.6 Å². The highest BCUT2D eigenvalue weighted by Crippen LogP contribution is 2.30. The number of imidazole rings is 1. The number of carbonyl (C=O) groups excluding carboxylic acids is 1. The van der Waals surface area contributed by atoms with Gasteiger partial charge in [-0.05, 0) is 35.9 Å². The lowest BCUT2D eigenvalue weighted by atomic mass is 9.97. The van der Waals surface area contributed by atoms with Crippen LogP contribution in [0.5, 0.6) is 0 Å². The Labute approximate surface area is 202 Å². The van der Waals surface area contributed by atoms with Crippen LogP contribution in [0.2, 0.25) is 5.02 Å². The number of nitrogens with one attached hydrogen (secondary N) is 1. The topological polar surface area (TPSA) is 89.3 Å². The molecule has 0 aliphatic rings. The quantitative estimate of drug-likeness (QED) is 0.261. The van der Waals surface area contributed by atoms with Crippen LogP contribution < -0.4 is 5.48 Å². The molecule has 0 unspecified atom stereocenters. The second kappa shape index (κ2) is 10.4. The van der Waals surface area contributed by atoms with Crippen LogP contribution in [-0.4, -0.2) is 38.8 Å². The molecular formula is C23H19BrClFN4O3. The number of hydrogen-bond donors (Lipinski definition) is 2. The molecule has 2 heterocycles. The van der Waals surface area contributed by atoms with Crippen molar-refractivity contribution in [2.45, 2.75) is 13.0 Å². The van der Waals surface area contributed by atoms with Gasteiger partial charge in [0.25, 0.3) is 5.91 Å². The van der Waals surface area contributed by atoms with Gasteiger partial charge in [0, 0.05) is 27.7 Å². The van der Waals surface area contributed by atoms with Gasteiger partial charge >= 0.3 is 0 Å². The van der Waals surface area contributed by atoms with Crippen LogP contribution in [0.1, 0.15) is 27.2 Å². The van der Waals surface area contributed by atoms with Gasteiger partial charge in [0.15, 0.2) is 5.82 Å². The smallest absolute Gasteiger partial charge is 0.275 e. The van der Waals surface area contributed by atoms with E-state index in [4.69, 9.17) is 21.5 Å². The molecular weight excluding hydrogens is 515 g/mol. The minimum atomic E-state index is -0.641. The Balaban J connectivity index is 1.79. The van der Waals surface area contributed by atoms with Gasteiger partial charge < -0.3 is 9.67 Å². The van der Waals surface area contributed by atoms with Crippen molar-refractivity contribution in [1.82, 2.24) is 20.0 Å². The van der Waals surface area contributed by atoms with Gasteiger partial charge in [0.2, 0.25) is 0 Å². The van der Waals surface area contributed by atoms with Crippen LogP contribution in [0.15, 0.2) is 59.5 Å². The van der Waals surface area contributed by atoms with E-state index in [1.807, 2.05) is 18.2 Å². The molecule has 0 atom stereocenters. The standard InChI is InChI=1S/C23H19BrClFN4O3/c24-15-5-4-14(19(25)10-15)9-17-18(23(32)29-33-8-7-31)11-20-22(21(17)26)28-13-30(20)12-16-3-1-2-6-27-16/h1-6,10-11,13,31H,7-9,12H2,(H,29,32). The predicted molar refractivity (Wildman–Crippen MR) is 125 cm³/mol. The third-order valence-corrected chi connectivity index (χ3v) is 5.85. The first kappa shape index (κ1) is 23.3. The van der Waals surface area contributed by atoms with Crippen LogP contribution in [0.4, 0.5) is 4.39 Å². The highest BCUT2D eigenvalue weighted by Gasteiger charge is 2.23. The lowest BCUT2D eigenvalue weighted by Crippen LogP contribution is -2.26. The molecule has 0 saturated carbocycles. The number of fused-ring (bicyclic) bond motifs is 1. The molecule has 4 aromatic rings. The van der Waals surface area contributed by atoms with E-state index in [1.54, 1.807) is 35.0 Å². The zero-order valence-electron chi connectivity index (χ0n) is 17.3. The van der Waals surface area contributed by atoms with Crippen molar-refractivity contribution in [1.29, 1.82) is 0 Å². The number of aliphatic hydroxyl groups excluding tert-OH is 1. The van der Waals surface area contributed by atoms with Gasteiger partial charge in [-0.15, -0.1) is 0 Å². The second-order valence-electron chi connectivity index (χ2n) is 7.19. The van der Waals surface area contributed by atoms with Gasteiger partial charge in [-0.2, -0.15) is 0 Å². The number of benzene rings is 2. The van der Waals surface area contributed by atoms with Crippen LogP contribution in [0, 0.1) is 5.82 Å². The number of pyridine rings is 1. The molecule has 170 valence electrons. The maximum Gasteiger partial charge on any atom is 0.275 e. The summed E-state index contributed by atoms with van der Waals surface area (Å²) < 4.78 is 18.2. The molecule has 2 aromatic carbocycles. The molecule has 7 nitrogen and oxygen atoms in total. The fourth-order valence-corrected chi connectivity index (χ4v) is 4.18. The molecule has 0 aliphatic carbocycles. The first-order valence-electron chi connectivity index (χ1n) is 10.0. The summed E-state index contributed by atoms with van der Waals surface area (Å²) in [5.41, 5.74) is 4.47. The summed E-state index contributed by atoms with van der Waals surface area (Å²) in [6.45, 7) is -0.00936. The number of hydrogen-bond acceptors (Lipinski definition) is 5. The third-order valence-electron chi connectivity index (χ3n) is 5.00. The van der Waals surface area contributed by atoms with E-state index < -0.39 is 11.7 Å². The van der Waals surface area contributed by atoms with Crippen molar-refractivity contribution in [3.05, 3.63) is 92.7 Å². The zero-order chi connectivity index (χ0) is 23.4. The minimum absolute atomic E-state index is 0.0732. The maximum atomic E-state index is 15.7. The van der Waals surface area contributed by atoms with Crippen molar-refractivity contribution in [3.63, 3.8) is 0 Å². The molecule has 1 amide bonds. The predicted octanol–water partition coefficient (Wildman–Crippen LogP) is 4.28. The number of rotatable bonds is 8. The summed E-state index contributed by atoms with van der Waals surface area (Å²) >= 11 is 9.70. The monoisotopic (exact) mass is 532 g/mol. The average Bonchev–Trinajstić information content (AvgIpc) is 3.20. The van der Waals surface area contributed by atoms with Gasteiger partial charge in [0.1, 0.15) is 5.52 Å². The van der Waals surface area contributed by atoms with Gasteiger partial charge in [-0.1, -0.05) is 39.7 Å². The van der Waals surface area contributed by atoms with Crippen molar-refractivity contribution < 1.29 is 19.1 Å². The van der Waals surface area contributed by atoms with E-state index in [-0.39, 0.29) is 36.3 Å². The highest BCUT2D eigenvalue weighted by atomic mass is 79.9. The van der Waals surface area contributed by atoms with E-state index in [2.05, 4.69) is 31.4 Å². The molecule has 2 N–H and O–H groups in total. The third kappa shape index (κ3) is 5.22. The Hall–Kier alpha value is -2.85. The summed E-state index contributed by atoms with van der Waals surface area (Å²) in [6.07, 6.45) is 3.26. The normalized spacial score (nSPS) is 11.2.